The quantitative estimate of drug-likeness (QED) is 0.882. The molecule has 0 aliphatic carbocycles. The van der Waals surface area contributed by atoms with Crippen LogP contribution >= 0.6 is 28.3 Å². The molecule has 1 amide bonds. The van der Waals surface area contributed by atoms with Crippen molar-refractivity contribution in [3.8, 4) is 0 Å². The monoisotopic (exact) mass is 370 g/mol. The summed E-state index contributed by atoms with van der Waals surface area (Å²) in [6.45, 7) is 2.41. The Morgan fingerprint density at radius 1 is 1.48 bits per heavy atom. The lowest BCUT2D eigenvalue weighted by atomic mass is 9.78. The van der Waals surface area contributed by atoms with Gasteiger partial charge in [-0.3, -0.25) is 4.79 Å². The lowest BCUT2D eigenvalue weighted by Crippen LogP contribution is -2.57. The fourth-order valence-electron chi connectivity index (χ4n) is 3.30. The maximum absolute atomic E-state index is 12.9. The first kappa shape index (κ1) is 13.4. The van der Waals surface area contributed by atoms with E-state index in [1.165, 1.54) is 3.97 Å². The number of amides is 1. The van der Waals surface area contributed by atoms with Gasteiger partial charge in [-0.05, 0) is 22.0 Å². The third-order valence-electron chi connectivity index (χ3n) is 4.25. The SMILES string of the molecule is O=C1CC2(CN1)CN(c1c(Br)cnc3c1ccn3SF)C2. The van der Waals surface area contributed by atoms with Crippen molar-refractivity contribution < 1.29 is 8.68 Å². The van der Waals surface area contributed by atoms with Crippen LogP contribution in [0.25, 0.3) is 11.0 Å². The Morgan fingerprint density at radius 3 is 2.95 bits per heavy atom. The van der Waals surface area contributed by atoms with Crippen LogP contribution in [-0.4, -0.2) is 34.5 Å². The molecule has 0 bridgehead atoms. The molecule has 5 nitrogen and oxygen atoms in total. The number of fused-ring (bicyclic) bond motifs is 1. The van der Waals surface area contributed by atoms with Crippen LogP contribution in [0.1, 0.15) is 6.42 Å². The minimum absolute atomic E-state index is 0.0590. The van der Waals surface area contributed by atoms with Gasteiger partial charge >= 0.3 is 0 Å². The summed E-state index contributed by atoms with van der Waals surface area (Å²) in [5.41, 5.74) is 1.70. The zero-order valence-electron chi connectivity index (χ0n) is 11.0. The Hall–Kier alpha value is -1.28. The molecule has 0 radical (unpaired) electrons. The van der Waals surface area contributed by atoms with Gasteiger partial charge in [-0.1, -0.05) is 0 Å². The molecule has 0 saturated carbocycles. The highest BCUT2D eigenvalue weighted by Crippen LogP contribution is 2.44. The second kappa shape index (κ2) is 4.61. The van der Waals surface area contributed by atoms with Gasteiger partial charge in [0.15, 0.2) is 18.0 Å². The van der Waals surface area contributed by atoms with Crippen molar-refractivity contribution in [1.29, 1.82) is 0 Å². The number of nitrogens with zero attached hydrogens (tertiary/aromatic N) is 3. The van der Waals surface area contributed by atoms with E-state index in [0.717, 1.165) is 35.2 Å². The number of anilines is 1. The smallest absolute Gasteiger partial charge is 0.220 e. The number of carbonyl (C=O) groups excluding carboxylic acids is 1. The van der Waals surface area contributed by atoms with Crippen molar-refractivity contribution in [2.45, 2.75) is 6.42 Å². The van der Waals surface area contributed by atoms with Crippen LogP contribution in [-0.2, 0) is 4.79 Å². The number of hydrogen-bond acceptors (Lipinski definition) is 4. The maximum atomic E-state index is 12.9. The Bertz CT molecular complexity index is 743. The maximum Gasteiger partial charge on any atom is 0.220 e. The third kappa shape index (κ3) is 1.96. The number of hydrogen-bond donors (Lipinski definition) is 1. The van der Waals surface area contributed by atoms with Gasteiger partial charge in [0.05, 0.1) is 10.2 Å². The molecule has 4 rings (SSSR count). The van der Waals surface area contributed by atoms with E-state index in [0.29, 0.717) is 12.1 Å². The van der Waals surface area contributed by atoms with E-state index in [-0.39, 0.29) is 23.7 Å². The summed E-state index contributed by atoms with van der Waals surface area (Å²) < 4.78 is 15.2. The van der Waals surface area contributed by atoms with E-state index in [4.69, 9.17) is 0 Å². The summed E-state index contributed by atoms with van der Waals surface area (Å²) in [7, 11) is 0. The largest absolute Gasteiger partial charge is 0.369 e. The zero-order valence-corrected chi connectivity index (χ0v) is 13.4. The molecule has 1 N–H and O–H groups in total. The molecule has 2 saturated heterocycles. The van der Waals surface area contributed by atoms with Crippen molar-refractivity contribution in [3.63, 3.8) is 0 Å². The van der Waals surface area contributed by atoms with Crippen molar-refractivity contribution >= 4 is 50.9 Å². The summed E-state index contributed by atoms with van der Waals surface area (Å²) in [5, 5.41) is 3.82. The normalized spacial score (nSPS) is 20.1. The molecule has 2 aliphatic rings. The molecule has 0 unspecified atom stereocenters. The van der Waals surface area contributed by atoms with Gasteiger partial charge in [0.1, 0.15) is 0 Å². The van der Waals surface area contributed by atoms with Crippen LogP contribution < -0.4 is 10.2 Å². The number of rotatable bonds is 2. The lowest BCUT2D eigenvalue weighted by Gasteiger charge is -2.49. The average molecular weight is 371 g/mol. The molecule has 110 valence electrons. The van der Waals surface area contributed by atoms with Gasteiger partial charge in [-0.15, -0.1) is 3.89 Å². The lowest BCUT2D eigenvalue weighted by molar-refractivity contribution is -0.119. The molecule has 2 aromatic rings. The van der Waals surface area contributed by atoms with Crippen LogP contribution in [0, 0.1) is 5.41 Å². The molecule has 21 heavy (non-hydrogen) atoms. The zero-order chi connectivity index (χ0) is 14.6. The van der Waals surface area contributed by atoms with Crippen molar-refractivity contribution in [2.75, 3.05) is 24.5 Å². The van der Waals surface area contributed by atoms with Crippen LogP contribution in [0.2, 0.25) is 0 Å². The Kier molecular flexibility index (Phi) is 2.94. The highest BCUT2D eigenvalue weighted by atomic mass is 79.9. The summed E-state index contributed by atoms with van der Waals surface area (Å²) in [5.74, 6) is 0.133. The number of carbonyl (C=O) groups is 1. The first-order chi connectivity index (χ1) is 10.1. The number of halogens is 2. The second-order valence-electron chi connectivity index (χ2n) is 5.71. The topological polar surface area (TPSA) is 50.2 Å². The fourth-order valence-corrected chi connectivity index (χ4v) is 4.18. The van der Waals surface area contributed by atoms with E-state index in [1.807, 2.05) is 6.07 Å². The molecule has 4 heterocycles. The highest BCUT2D eigenvalue weighted by molar-refractivity contribution is 9.10. The van der Waals surface area contributed by atoms with Gasteiger partial charge in [-0.25, -0.2) is 8.96 Å². The first-order valence-electron chi connectivity index (χ1n) is 6.58. The van der Waals surface area contributed by atoms with Gasteiger partial charge in [-0.2, -0.15) is 0 Å². The van der Waals surface area contributed by atoms with Gasteiger partial charge in [0, 0.05) is 49.2 Å². The molecular formula is C13H12BrFN4OS. The van der Waals surface area contributed by atoms with Gasteiger partial charge in [0.2, 0.25) is 5.91 Å². The second-order valence-corrected chi connectivity index (χ2v) is 7.10. The molecule has 2 aromatic heterocycles. The molecule has 2 aliphatic heterocycles. The molecule has 2 fully saturated rings. The minimum atomic E-state index is 0.0590. The molecule has 0 aromatic carbocycles. The number of nitrogens with one attached hydrogen (secondary N) is 1. The third-order valence-corrected chi connectivity index (χ3v) is 5.27. The first-order valence-corrected chi connectivity index (χ1v) is 8.05. The fraction of sp³-hybridized carbons (Fsp3) is 0.385. The Labute approximate surface area is 133 Å². The summed E-state index contributed by atoms with van der Waals surface area (Å²) in [6.07, 6.45) is 3.97. The number of aromatic nitrogens is 2. The van der Waals surface area contributed by atoms with E-state index in [1.54, 1.807) is 12.4 Å². The van der Waals surface area contributed by atoms with E-state index < -0.39 is 0 Å². The minimum Gasteiger partial charge on any atom is -0.369 e. The number of pyridine rings is 1. The van der Waals surface area contributed by atoms with Crippen molar-refractivity contribution in [2.24, 2.45) is 5.41 Å². The summed E-state index contributed by atoms with van der Waals surface area (Å²) >= 11 is 3.68. The van der Waals surface area contributed by atoms with Crippen LogP contribution in [0.3, 0.4) is 0 Å². The predicted molar refractivity (Wildman–Crippen MR) is 83.8 cm³/mol. The van der Waals surface area contributed by atoms with Crippen molar-refractivity contribution in [1.82, 2.24) is 14.3 Å². The van der Waals surface area contributed by atoms with Crippen LogP contribution in [0.4, 0.5) is 9.57 Å². The van der Waals surface area contributed by atoms with E-state index in [2.05, 4.69) is 31.1 Å². The molecule has 8 heteroatoms. The van der Waals surface area contributed by atoms with Crippen LogP contribution in [0.5, 0.6) is 0 Å². The van der Waals surface area contributed by atoms with Crippen molar-refractivity contribution in [3.05, 3.63) is 22.9 Å². The summed E-state index contributed by atoms with van der Waals surface area (Å²) in [4.78, 5) is 17.9. The van der Waals surface area contributed by atoms with E-state index >= 15 is 0 Å². The molecular weight excluding hydrogens is 359 g/mol. The average Bonchev–Trinajstić information content (AvgIpc) is 3.01. The van der Waals surface area contributed by atoms with Crippen LogP contribution in [0.15, 0.2) is 22.9 Å². The van der Waals surface area contributed by atoms with Gasteiger partial charge in [0.25, 0.3) is 0 Å². The molecule has 1 spiro atoms. The molecule has 0 atom stereocenters. The standard InChI is InChI=1S/C13H12BrFN4OS/c14-9-4-16-12-8(1-2-19(12)21-15)11(9)18-6-13(7-18)3-10(20)17-5-13/h1-2,4H,3,5-7H2,(H,17,20). The highest BCUT2D eigenvalue weighted by Gasteiger charge is 2.48. The predicted octanol–water partition coefficient (Wildman–Crippen LogP) is 2.51. The van der Waals surface area contributed by atoms with E-state index in [9.17, 15) is 8.68 Å². The van der Waals surface area contributed by atoms with Gasteiger partial charge < -0.3 is 10.2 Å². The Morgan fingerprint density at radius 2 is 2.29 bits per heavy atom. The summed E-state index contributed by atoms with van der Waals surface area (Å²) in [6, 6.07) is 1.87. The Balaban J connectivity index is 1.70.